The summed E-state index contributed by atoms with van der Waals surface area (Å²) in [5.41, 5.74) is 7.82. The molecule has 0 amide bonds. The van der Waals surface area contributed by atoms with E-state index in [0.717, 1.165) is 6.54 Å². The van der Waals surface area contributed by atoms with E-state index < -0.39 is 6.10 Å². The van der Waals surface area contributed by atoms with E-state index in [4.69, 9.17) is 5.73 Å². The number of rotatable bonds is 5. The van der Waals surface area contributed by atoms with E-state index in [2.05, 4.69) is 28.2 Å². The average molecular weight is 233 g/mol. The third kappa shape index (κ3) is 2.66. The molecule has 0 spiro atoms. The molecule has 1 aromatic carbocycles. The molecule has 1 unspecified atom stereocenters. The third-order valence-corrected chi connectivity index (χ3v) is 2.95. The van der Waals surface area contributed by atoms with Crippen LogP contribution in [-0.4, -0.2) is 28.9 Å². The second-order valence-electron chi connectivity index (χ2n) is 4.30. The van der Waals surface area contributed by atoms with E-state index in [0.29, 0.717) is 13.1 Å². The molecule has 17 heavy (non-hydrogen) atoms. The number of aryl methyl sites for hydroxylation is 1. The topological polar surface area (TPSA) is 63.2 Å². The summed E-state index contributed by atoms with van der Waals surface area (Å²) < 4.78 is 2.12. The molecule has 0 saturated carbocycles. The van der Waals surface area contributed by atoms with Gasteiger partial charge in [-0.3, -0.25) is 0 Å². The van der Waals surface area contributed by atoms with Crippen LogP contribution in [0.3, 0.4) is 0 Å². The summed E-state index contributed by atoms with van der Waals surface area (Å²) in [5, 5.41) is 13.8. The first-order chi connectivity index (χ1) is 8.22. The van der Waals surface area contributed by atoms with Gasteiger partial charge in [-0.25, -0.2) is 0 Å². The summed E-state index contributed by atoms with van der Waals surface area (Å²) >= 11 is 0. The summed E-state index contributed by atoms with van der Waals surface area (Å²) in [7, 11) is 2.04. The van der Waals surface area contributed by atoms with Crippen LogP contribution in [0.15, 0.2) is 30.5 Å². The van der Waals surface area contributed by atoms with E-state index in [9.17, 15) is 5.11 Å². The van der Waals surface area contributed by atoms with Crippen molar-refractivity contribution in [2.75, 3.05) is 13.1 Å². The monoisotopic (exact) mass is 233 g/mol. The minimum absolute atomic E-state index is 0.294. The Labute approximate surface area is 101 Å². The number of nitrogens with two attached hydrogens (primary N) is 1. The number of fused-ring (bicyclic) bond motifs is 1. The summed E-state index contributed by atoms with van der Waals surface area (Å²) in [4.78, 5) is 0. The molecule has 92 valence electrons. The highest BCUT2D eigenvalue weighted by atomic mass is 16.3. The number of hydrogen-bond donors (Lipinski definition) is 3. The normalized spacial score (nSPS) is 13.1. The SMILES string of the molecule is Cn1cc(CNCC(O)CN)c2ccccc21. The number of aromatic nitrogens is 1. The second kappa shape index (κ2) is 5.31. The first kappa shape index (κ1) is 12.1. The van der Waals surface area contributed by atoms with Crippen molar-refractivity contribution in [3.05, 3.63) is 36.0 Å². The lowest BCUT2D eigenvalue weighted by Crippen LogP contribution is -2.32. The Morgan fingerprint density at radius 1 is 1.41 bits per heavy atom. The van der Waals surface area contributed by atoms with Crippen LogP contribution in [0, 0.1) is 0 Å². The molecule has 4 nitrogen and oxygen atoms in total. The largest absolute Gasteiger partial charge is 0.390 e. The molecule has 1 aromatic heterocycles. The Bertz CT molecular complexity index is 492. The van der Waals surface area contributed by atoms with Gasteiger partial charge >= 0.3 is 0 Å². The van der Waals surface area contributed by atoms with Crippen LogP contribution in [0.25, 0.3) is 10.9 Å². The highest BCUT2D eigenvalue weighted by Gasteiger charge is 2.06. The van der Waals surface area contributed by atoms with Crippen molar-refractivity contribution in [1.82, 2.24) is 9.88 Å². The number of aliphatic hydroxyl groups is 1. The first-order valence-electron chi connectivity index (χ1n) is 5.84. The molecule has 1 atom stereocenters. The molecule has 0 radical (unpaired) electrons. The zero-order valence-electron chi connectivity index (χ0n) is 10.1. The predicted octanol–water partition coefficient (Wildman–Crippen LogP) is 0.587. The van der Waals surface area contributed by atoms with Gasteiger partial charge in [-0.15, -0.1) is 0 Å². The molecule has 2 rings (SSSR count). The van der Waals surface area contributed by atoms with Crippen molar-refractivity contribution >= 4 is 10.9 Å². The number of hydrogen-bond acceptors (Lipinski definition) is 3. The Hall–Kier alpha value is -1.36. The minimum Gasteiger partial charge on any atom is -0.390 e. The summed E-state index contributed by atoms with van der Waals surface area (Å²) in [6.07, 6.45) is 1.65. The minimum atomic E-state index is -0.468. The van der Waals surface area contributed by atoms with Crippen molar-refractivity contribution in [3.63, 3.8) is 0 Å². The Morgan fingerprint density at radius 2 is 2.18 bits per heavy atom. The molecule has 2 aromatic rings. The second-order valence-corrected chi connectivity index (χ2v) is 4.30. The van der Waals surface area contributed by atoms with Crippen LogP contribution < -0.4 is 11.1 Å². The summed E-state index contributed by atoms with van der Waals surface area (Å²) in [5.74, 6) is 0. The number of nitrogens with one attached hydrogen (secondary N) is 1. The predicted molar refractivity (Wildman–Crippen MR) is 69.7 cm³/mol. The number of aliphatic hydroxyl groups excluding tert-OH is 1. The van der Waals surface area contributed by atoms with Crippen molar-refractivity contribution in [2.45, 2.75) is 12.6 Å². The van der Waals surface area contributed by atoms with Gasteiger partial charge in [-0.05, 0) is 11.6 Å². The molecule has 0 saturated heterocycles. The van der Waals surface area contributed by atoms with Gasteiger partial charge in [0.2, 0.25) is 0 Å². The van der Waals surface area contributed by atoms with Gasteiger partial charge in [0.15, 0.2) is 0 Å². The van der Waals surface area contributed by atoms with Gasteiger partial charge in [0.05, 0.1) is 6.10 Å². The maximum Gasteiger partial charge on any atom is 0.0786 e. The van der Waals surface area contributed by atoms with Gasteiger partial charge in [0.25, 0.3) is 0 Å². The molecule has 0 fully saturated rings. The molecule has 1 heterocycles. The zero-order valence-corrected chi connectivity index (χ0v) is 10.1. The van der Waals surface area contributed by atoms with E-state index >= 15 is 0 Å². The smallest absolute Gasteiger partial charge is 0.0786 e. The van der Waals surface area contributed by atoms with Crippen molar-refractivity contribution < 1.29 is 5.11 Å². The quantitative estimate of drug-likeness (QED) is 0.708. The molecule has 4 heteroatoms. The molecular weight excluding hydrogens is 214 g/mol. The van der Waals surface area contributed by atoms with Gasteiger partial charge in [-0.2, -0.15) is 0 Å². The van der Waals surface area contributed by atoms with E-state index in [1.54, 1.807) is 0 Å². The highest BCUT2D eigenvalue weighted by molar-refractivity contribution is 5.83. The molecule has 0 aliphatic carbocycles. The fraction of sp³-hybridized carbons (Fsp3) is 0.385. The fourth-order valence-corrected chi connectivity index (χ4v) is 2.02. The molecule has 4 N–H and O–H groups in total. The molecule has 0 bridgehead atoms. The van der Waals surface area contributed by atoms with Gasteiger partial charge in [0.1, 0.15) is 0 Å². The lowest BCUT2D eigenvalue weighted by atomic mass is 10.2. The number of para-hydroxylation sites is 1. The first-order valence-corrected chi connectivity index (χ1v) is 5.84. The van der Waals surface area contributed by atoms with E-state index in [1.165, 1.54) is 16.5 Å². The lowest BCUT2D eigenvalue weighted by Gasteiger charge is -2.08. The van der Waals surface area contributed by atoms with Crippen molar-refractivity contribution in [2.24, 2.45) is 12.8 Å². The summed E-state index contributed by atoms with van der Waals surface area (Å²) in [6.45, 7) is 1.57. The van der Waals surface area contributed by atoms with E-state index in [1.807, 2.05) is 19.2 Å². The van der Waals surface area contributed by atoms with Crippen LogP contribution in [0.2, 0.25) is 0 Å². The van der Waals surface area contributed by atoms with Crippen LogP contribution >= 0.6 is 0 Å². The highest BCUT2D eigenvalue weighted by Crippen LogP contribution is 2.19. The van der Waals surface area contributed by atoms with Crippen LogP contribution in [0.1, 0.15) is 5.56 Å². The number of nitrogens with zero attached hydrogens (tertiary/aromatic N) is 1. The van der Waals surface area contributed by atoms with Crippen LogP contribution in [0.5, 0.6) is 0 Å². The fourth-order valence-electron chi connectivity index (χ4n) is 2.02. The lowest BCUT2D eigenvalue weighted by molar-refractivity contribution is 0.179. The maximum atomic E-state index is 9.36. The van der Waals surface area contributed by atoms with Crippen molar-refractivity contribution in [3.8, 4) is 0 Å². The molecule has 0 aliphatic heterocycles. The maximum absolute atomic E-state index is 9.36. The van der Waals surface area contributed by atoms with Gasteiger partial charge in [-0.1, -0.05) is 18.2 Å². The third-order valence-electron chi connectivity index (χ3n) is 2.95. The van der Waals surface area contributed by atoms with Crippen LogP contribution in [0.4, 0.5) is 0 Å². The van der Waals surface area contributed by atoms with E-state index in [-0.39, 0.29) is 0 Å². The Morgan fingerprint density at radius 3 is 2.94 bits per heavy atom. The Balaban J connectivity index is 2.09. The summed E-state index contributed by atoms with van der Waals surface area (Å²) in [6, 6.07) is 8.30. The zero-order chi connectivity index (χ0) is 12.3. The molecule has 0 aliphatic rings. The number of benzene rings is 1. The standard InChI is InChI=1S/C13H19N3O/c1-16-9-10(7-15-8-11(17)6-14)12-4-2-3-5-13(12)16/h2-5,9,11,15,17H,6-8,14H2,1H3. The molecular formula is C13H19N3O. The van der Waals surface area contributed by atoms with Gasteiger partial charge < -0.3 is 20.7 Å². The Kier molecular flexibility index (Phi) is 3.78. The van der Waals surface area contributed by atoms with Crippen molar-refractivity contribution in [1.29, 1.82) is 0 Å². The van der Waals surface area contributed by atoms with Gasteiger partial charge in [0, 0.05) is 43.8 Å². The van der Waals surface area contributed by atoms with Crippen LogP contribution in [-0.2, 0) is 13.6 Å². The average Bonchev–Trinajstić information content (AvgIpc) is 2.67.